The van der Waals surface area contributed by atoms with Crippen LogP contribution in [0.2, 0.25) is 0 Å². The molecule has 3 N–H and O–H groups in total. The van der Waals surface area contributed by atoms with Gasteiger partial charge in [-0.05, 0) is 49.2 Å². The maximum absolute atomic E-state index is 5.69. The first-order valence-electron chi connectivity index (χ1n) is 7.32. The van der Waals surface area contributed by atoms with Gasteiger partial charge in [0.25, 0.3) is 0 Å². The number of anilines is 2. The third-order valence-electron chi connectivity index (χ3n) is 3.49. The van der Waals surface area contributed by atoms with Crippen LogP contribution in [0, 0.1) is 13.8 Å². The predicted octanol–water partition coefficient (Wildman–Crippen LogP) is 4.46. The predicted molar refractivity (Wildman–Crippen MR) is 97.3 cm³/mol. The number of nitrogens with zero attached hydrogens (tertiary/aromatic N) is 2. The normalized spacial score (nSPS) is 10.5. The lowest BCUT2D eigenvalue weighted by atomic mass is 10.00. The van der Waals surface area contributed by atoms with Gasteiger partial charge in [-0.25, -0.2) is 9.97 Å². The van der Waals surface area contributed by atoms with Crippen molar-refractivity contribution in [1.82, 2.24) is 9.97 Å². The van der Waals surface area contributed by atoms with E-state index in [-0.39, 0.29) is 0 Å². The van der Waals surface area contributed by atoms with Gasteiger partial charge in [-0.3, -0.25) is 0 Å². The van der Waals surface area contributed by atoms with Crippen LogP contribution in [0.15, 0.2) is 59.6 Å². The molecule has 0 aliphatic heterocycles. The van der Waals surface area contributed by atoms with Crippen molar-refractivity contribution < 1.29 is 0 Å². The lowest BCUT2D eigenvalue weighted by Gasteiger charge is -2.11. The molecule has 0 fully saturated rings. The minimum absolute atomic E-state index is 0.508. The third-order valence-corrected chi connectivity index (χ3v) is 4.24. The number of rotatable bonds is 4. The van der Waals surface area contributed by atoms with Crippen molar-refractivity contribution >= 4 is 23.6 Å². The van der Waals surface area contributed by atoms with E-state index in [0.717, 1.165) is 16.5 Å². The van der Waals surface area contributed by atoms with Crippen molar-refractivity contribution in [2.75, 3.05) is 10.5 Å². The molecule has 0 aliphatic carbocycles. The van der Waals surface area contributed by atoms with E-state index < -0.39 is 0 Å². The van der Waals surface area contributed by atoms with Crippen molar-refractivity contribution in [3.63, 3.8) is 0 Å². The Labute approximate surface area is 140 Å². The van der Waals surface area contributed by atoms with Crippen LogP contribution in [0.3, 0.4) is 0 Å². The number of benzene rings is 1. The summed E-state index contributed by atoms with van der Waals surface area (Å²) in [6.45, 7) is 4.21. The number of nitrogens with one attached hydrogen (secondary N) is 1. The molecule has 0 saturated heterocycles. The highest BCUT2D eigenvalue weighted by Gasteiger charge is 2.07. The van der Waals surface area contributed by atoms with Gasteiger partial charge in [0, 0.05) is 17.5 Å². The number of nitrogen functional groups attached to an aromatic ring is 1. The average Bonchev–Trinajstić information content (AvgIpc) is 2.53. The molecule has 0 unspecified atom stereocenters. The van der Waals surface area contributed by atoms with Gasteiger partial charge in [-0.1, -0.05) is 30.3 Å². The van der Waals surface area contributed by atoms with Crippen LogP contribution in [0.4, 0.5) is 11.6 Å². The fourth-order valence-electron chi connectivity index (χ4n) is 2.44. The van der Waals surface area contributed by atoms with Crippen LogP contribution in [-0.2, 0) is 0 Å². The van der Waals surface area contributed by atoms with Gasteiger partial charge in [0.05, 0.1) is 5.69 Å². The second-order valence-electron chi connectivity index (χ2n) is 5.28. The molecular formula is C18H18N4S. The molecule has 2 heterocycles. The molecule has 0 atom stereocenters. The maximum atomic E-state index is 5.69. The molecular weight excluding hydrogens is 304 g/mol. The van der Waals surface area contributed by atoms with E-state index >= 15 is 0 Å². The topological polar surface area (TPSA) is 63.8 Å². The van der Waals surface area contributed by atoms with Crippen molar-refractivity contribution in [3.05, 3.63) is 65.7 Å². The van der Waals surface area contributed by atoms with E-state index in [9.17, 15) is 0 Å². The first-order chi connectivity index (χ1) is 11.1. The Morgan fingerprint density at radius 2 is 1.57 bits per heavy atom. The molecule has 0 radical (unpaired) electrons. The second kappa shape index (κ2) is 6.71. The van der Waals surface area contributed by atoms with Gasteiger partial charge in [0.2, 0.25) is 0 Å². The minimum Gasteiger partial charge on any atom is -0.384 e. The molecule has 3 rings (SSSR count). The first kappa shape index (κ1) is 15.4. The first-order valence-corrected chi connectivity index (χ1v) is 8.14. The van der Waals surface area contributed by atoms with Gasteiger partial charge in [0.15, 0.2) is 0 Å². The molecule has 4 nitrogen and oxygen atoms in total. The van der Waals surface area contributed by atoms with Crippen LogP contribution in [0.1, 0.15) is 11.1 Å². The number of aromatic nitrogens is 2. The van der Waals surface area contributed by atoms with E-state index in [1.807, 2.05) is 30.3 Å². The van der Waals surface area contributed by atoms with Crippen molar-refractivity contribution in [1.29, 1.82) is 0 Å². The highest BCUT2D eigenvalue weighted by atomic mass is 32.2. The molecule has 3 aromatic rings. The minimum atomic E-state index is 0.508. The summed E-state index contributed by atoms with van der Waals surface area (Å²) in [6.07, 6.45) is 0. The average molecular weight is 322 g/mol. The Morgan fingerprint density at radius 1 is 0.870 bits per heavy atom. The monoisotopic (exact) mass is 322 g/mol. The largest absolute Gasteiger partial charge is 0.384 e. The van der Waals surface area contributed by atoms with E-state index in [1.54, 1.807) is 6.07 Å². The summed E-state index contributed by atoms with van der Waals surface area (Å²) in [5.41, 5.74) is 10.3. The zero-order valence-electron chi connectivity index (χ0n) is 13.1. The molecule has 23 heavy (non-hydrogen) atoms. The Kier molecular flexibility index (Phi) is 4.48. The highest BCUT2D eigenvalue weighted by molar-refractivity contribution is 8.00. The van der Waals surface area contributed by atoms with Gasteiger partial charge >= 0.3 is 0 Å². The SMILES string of the molecule is Cc1cccc(C)c1-c1cccc(NSc2cccc(N)n2)n1. The Balaban J connectivity index is 1.83. The molecule has 0 amide bonds. The molecule has 0 aliphatic rings. The molecule has 116 valence electrons. The summed E-state index contributed by atoms with van der Waals surface area (Å²) >= 11 is 1.40. The van der Waals surface area contributed by atoms with E-state index in [0.29, 0.717) is 5.82 Å². The fraction of sp³-hybridized carbons (Fsp3) is 0.111. The molecule has 2 aromatic heterocycles. The lowest BCUT2D eigenvalue weighted by molar-refractivity contribution is 1.15. The number of aryl methyl sites for hydroxylation is 2. The Morgan fingerprint density at radius 3 is 2.30 bits per heavy atom. The van der Waals surface area contributed by atoms with Gasteiger partial charge in [-0.2, -0.15) is 0 Å². The molecule has 0 bridgehead atoms. The number of hydrogen-bond donors (Lipinski definition) is 2. The molecule has 5 heteroatoms. The Hall–Kier alpha value is -2.53. The summed E-state index contributed by atoms with van der Waals surface area (Å²) in [6, 6.07) is 17.8. The maximum Gasteiger partial charge on any atom is 0.136 e. The summed E-state index contributed by atoms with van der Waals surface area (Å²) in [7, 11) is 0. The summed E-state index contributed by atoms with van der Waals surface area (Å²) in [5, 5.41) is 0.810. The van der Waals surface area contributed by atoms with Crippen LogP contribution in [0.5, 0.6) is 0 Å². The zero-order valence-corrected chi connectivity index (χ0v) is 13.9. The number of hydrogen-bond acceptors (Lipinski definition) is 5. The van der Waals surface area contributed by atoms with Crippen LogP contribution < -0.4 is 10.5 Å². The van der Waals surface area contributed by atoms with E-state index in [2.05, 4.69) is 41.8 Å². The van der Waals surface area contributed by atoms with Gasteiger partial charge in [0.1, 0.15) is 16.7 Å². The molecule has 0 saturated carbocycles. The standard InChI is InChI=1S/C18H18N4S/c1-12-6-3-7-13(2)18(12)14-8-4-10-16(20-14)22-23-17-11-5-9-15(19)21-17/h3-11H,1-2H3,(H2,19,21)(H,20,22). The van der Waals surface area contributed by atoms with Gasteiger partial charge in [-0.15, -0.1) is 0 Å². The molecule has 1 aromatic carbocycles. The summed E-state index contributed by atoms with van der Waals surface area (Å²) < 4.78 is 3.22. The zero-order chi connectivity index (χ0) is 16.2. The van der Waals surface area contributed by atoms with E-state index in [4.69, 9.17) is 10.7 Å². The van der Waals surface area contributed by atoms with Crippen LogP contribution >= 0.6 is 11.9 Å². The van der Waals surface area contributed by atoms with Crippen LogP contribution in [-0.4, -0.2) is 9.97 Å². The Bertz CT molecular complexity index is 813. The van der Waals surface area contributed by atoms with Crippen molar-refractivity contribution in [3.8, 4) is 11.3 Å². The third kappa shape index (κ3) is 3.63. The second-order valence-corrected chi connectivity index (χ2v) is 6.11. The smallest absolute Gasteiger partial charge is 0.136 e. The molecule has 0 spiro atoms. The fourth-order valence-corrected chi connectivity index (χ4v) is 3.06. The van der Waals surface area contributed by atoms with E-state index in [1.165, 1.54) is 28.6 Å². The van der Waals surface area contributed by atoms with Crippen molar-refractivity contribution in [2.24, 2.45) is 0 Å². The number of nitrogens with two attached hydrogens (primary N) is 1. The quantitative estimate of drug-likeness (QED) is 0.694. The van der Waals surface area contributed by atoms with Crippen molar-refractivity contribution in [2.45, 2.75) is 18.9 Å². The highest BCUT2D eigenvalue weighted by Crippen LogP contribution is 2.27. The van der Waals surface area contributed by atoms with Crippen LogP contribution in [0.25, 0.3) is 11.3 Å². The lowest BCUT2D eigenvalue weighted by Crippen LogP contribution is -1.96. The summed E-state index contributed by atoms with van der Waals surface area (Å²) in [5.74, 6) is 1.30. The van der Waals surface area contributed by atoms with Gasteiger partial charge < -0.3 is 10.5 Å². The summed E-state index contributed by atoms with van der Waals surface area (Å²) in [4.78, 5) is 8.96. The number of pyridine rings is 2.